The average Bonchev–Trinajstić information content (AvgIpc) is 2.66. The van der Waals surface area contributed by atoms with E-state index >= 15 is 0 Å². The topological polar surface area (TPSA) is 68.6 Å². The second kappa shape index (κ2) is 10.7. The van der Waals surface area contributed by atoms with E-state index in [4.69, 9.17) is 16.3 Å². The van der Waals surface area contributed by atoms with E-state index in [1.165, 1.54) is 0 Å². The van der Waals surface area contributed by atoms with Crippen molar-refractivity contribution in [3.05, 3.63) is 41.1 Å². The molecule has 0 bridgehead atoms. The highest BCUT2D eigenvalue weighted by molar-refractivity contribution is 6.30. The number of amides is 1. The van der Waals surface area contributed by atoms with Crippen LogP contribution in [0.25, 0.3) is 0 Å². The van der Waals surface area contributed by atoms with E-state index in [-0.39, 0.29) is 11.5 Å². The van der Waals surface area contributed by atoms with Gasteiger partial charge in [0.2, 0.25) is 0 Å². The molecular weight excluding hydrogens is 352 g/mol. The maximum atomic E-state index is 12.1. The van der Waals surface area contributed by atoms with Crippen LogP contribution in [0.15, 0.2) is 36.0 Å². The summed E-state index contributed by atoms with van der Waals surface area (Å²) in [4.78, 5) is 16.4. The van der Waals surface area contributed by atoms with Crippen LogP contribution in [-0.2, 0) is 9.53 Å². The van der Waals surface area contributed by atoms with E-state index in [9.17, 15) is 10.1 Å². The van der Waals surface area contributed by atoms with Gasteiger partial charge in [-0.1, -0.05) is 17.7 Å². The second-order valence-corrected chi connectivity index (χ2v) is 6.40. The fraction of sp³-hybridized carbons (Fsp3) is 0.474. The summed E-state index contributed by atoms with van der Waals surface area (Å²) < 4.78 is 5.23. The minimum absolute atomic E-state index is 0.137. The Morgan fingerprint density at radius 3 is 2.81 bits per heavy atom. The molecule has 0 aliphatic carbocycles. The molecule has 7 heteroatoms. The highest BCUT2D eigenvalue weighted by atomic mass is 35.5. The standard InChI is InChI=1S/C19H25ClN4O2/c1-2-26-12-4-7-22-19(25)16(14-21)15-23-8-10-24(11-9-23)18-6-3-5-17(20)13-18/h3,5-6,13,15H,2,4,7-12H2,1H3,(H,22,25)/b16-15-. The number of piperazine rings is 1. The van der Waals surface area contributed by atoms with Crippen LogP contribution < -0.4 is 10.2 Å². The molecule has 0 radical (unpaired) electrons. The normalized spacial score (nSPS) is 14.9. The van der Waals surface area contributed by atoms with Crippen LogP contribution in [0, 0.1) is 11.3 Å². The number of hydrogen-bond donors (Lipinski definition) is 1. The highest BCUT2D eigenvalue weighted by Crippen LogP contribution is 2.21. The predicted molar refractivity (Wildman–Crippen MR) is 103 cm³/mol. The number of ether oxygens (including phenoxy) is 1. The average molecular weight is 377 g/mol. The van der Waals surface area contributed by atoms with E-state index < -0.39 is 0 Å². The molecule has 0 unspecified atom stereocenters. The first-order valence-corrected chi connectivity index (χ1v) is 9.24. The molecule has 6 nitrogen and oxygen atoms in total. The Morgan fingerprint density at radius 1 is 1.38 bits per heavy atom. The van der Waals surface area contributed by atoms with E-state index in [1.54, 1.807) is 6.20 Å². The number of benzene rings is 1. The summed E-state index contributed by atoms with van der Waals surface area (Å²) in [5, 5.41) is 12.8. The first-order chi connectivity index (χ1) is 12.6. The zero-order valence-corrected chi connectivity index (χ0v) is 15.8. The Bertz CT molecular complexity index is 664. The van der Waals surface area contributed by atoms with Gasteiger partial charge in [0, 0.05) is 62.8 Å². The molecule has 0 saturated carbocycles. The van der Waals surface area contributed by atoms with E-state index in [2.05, 4.69) is 10.2 Å². The first kappa shape index (κ1) is 20.1. The largest absolute Gasteiger partial charge is 0.382 e. The molecule has 26 heavy (non-hydrogen) atoms. The lowest BCUT2D eigenvalue weighted by atomic mass is 10.2. The number of carbonyl (C=O) groups excluding carboxylic acids is 1. The monoisotopic (exact) mass is 376 g/mol. The Labute approximate surface area is 160 Å². The molecule has 1 amide bonds. The summed E-state index contributed by atoms with van der Waals surface area (Å²) in [6, 6.07) is 9.78. The Kier molecular flexibility index (Phi) is 8.26. The fourth-order valence-corrected chi connectivity index (χ4v) is 2.90. The molecule has 0 aromatic heterocycles. The van der Waals surface area contributed by atoms with Crippen LogP contribution >= 0.6 is 11.6 Å². The van der Waals surface area contributed by atoms with Crippen molar-refractivity contribution < 1.29 is 9.53 Å². The van der Waals surface area contributed by atoms with E-state index in [0.717, 1.165) is 43.3 Å². The molecule has 1 saturated heterocycles. The van der Waals surface area contributed by atoms with Crippen molar-refractivity contribution in [3.63, 3.8) is 0 Å². The molecule has 1 heterocycles. The summed E-state index contributed by atoms with van der Waals surface area (Å²) in [6.07, 6.45) is 2.39. The summed E-state index contributed by atoms with van der Waals surface area (Å²) in [6.45, 7) is 6.82. The molecule has 1 N–H and O–H groups in total. The first-order valence-electron chi connectivity index (χ1n) is 8.86. The number of nitrogens with zero attached hydrogens (tertiary/aromatic N) is 3. The third-order valence-electron chi connectivity index (χ3n) is 4.12. The van der Waals surface area contributed by atoms with Gasteiger partial charge in [-0.25, -0.2) is 0 Å². The lowest BCUT2D eigenvalue weighted by Gasteiger charge is -2.35. The highest BCUT2D eigenvalue weighted by Gasteiger charge is 2.17. The Balaban J connectivity index is 1.83. The maximum Gasteiger partial charge on any atom is 0.263 e. The zero-order chi connectivity index (χ0) is 18.8. The molecule has 1 aromatic rings. The lowest BCUT2D eigenvalue weighted by molar-refractivity contribution is -0.117. The SMILES string of the molecule is CCOCCCNC(=O)/C(C#N)=C\N1CCN(c2cccc(Cl)c2)CC1. The van der Waals surface area contributed by atoms with Crippen molar-refractivity contribution in [1.29, 1.82) is 5.26 Å². The van der Waals surface area contributed by atoms with Crippen LogP contribution in [0.4, 0.5) is 5.69 Å². The minimum Gasteiger partial charge on any atom is -0.382 e. The van der Waals surface area contributed by atoms with Crippen LogP contribution in [0.5, 0.6) is 0 Å². The maximum absolute atomic E-state index is 12.1. The van der Waals surface area contributed by atoms with Gasteiger partial charge in [-0.15, -0.1) is 0 Å². The number of nitrogens with one attached hydrogen (secondary N) is 1. The third-order valence-corrected chi connectivity index (χ3v) is 4.35. The van der Waals surface area contributed by atoms with Gasteiger partial charge in [0.1, 0.15) is 11.6 Å². The number of anilines is 1. The number of halogens is 1. The number of nitriles is 1. The Morgan fingerprint density at radius 2 is 2.15 bits per heavy atom. The quantitative estimate of drug-likeness (QED) is 0.428. The van der Waals surface area contributed by atoms with Gasteiger partial charge in [-0.3, -0.25) is 4.79 Å². The van der Waals surface area contributed by atoms with Gasteiger partial charge in [0.25, 0.3) is 5.91 Å². The van der Waals surface area contributed by atoms with Gasteiger partial charge < -0.3 is 19.9 Å². The van der Waals surface area contributed by atoms with E-state index in [1.807, 2.05) is 42.2 Å². The minimum atomic E-state index is -0.332. The number of carbonyl (C=O) groups is 1. The van der Waals surface area contributed by atoms with Gasteiger partial charge >= 0.3 is 0 Å². The van der Waals surface area contributed by atoms with Gasteiger partial charge in [-0.2, -0.15) is 5.26 Å². The van der Waals surface area contributed by atoms with Crippen molar-refractivity contribution in [3.8, 4) is 6.07 Å². The van der Waals surface area contributed by atoms with Crippen molar-refractivity contribution in [1.82, 2.24) is 10.2 Å². The smallest absolute Gasteiger partial charge is 0.263 e. The van der Waals surface area contributed by atoms with E-state index in [0.29, 0.717) is 19.8 Å². The van der Waals surface area contributed by atoms with Gasteiger partial charge in [0.05, 0.1) is 0 Å². The number of hydrogen-bond acceptors (Lipinski definition) is 5. The molecule has 1 aliphatic rings. The molecule has 1 fully saturated rings. The Hall–Kier alpha value is -2.23. The van der Waals surface area contributed by atoms with Crippen molar-refractivity contribution in [2.75, 3.05) is 50.8 Å². The summed E-state index contributed by atoms with van der Waals surface area (Å²) >= 11 is 6.05. The van der Waals surface area contributed by atoms with Crippen molar-refractivity contribution >= 4 is 23.2 Å². The molecule has 2 rings (SSSR count). The third kappa shape index (κ3) is 6.25. The molecule has 140 valence electrons. The van der Waals surface area contributed by atoms with Gasteiger partial charge in [-0.05, 0) is 31.5 Å². The van der Waals surface area contributed by atoms with Crippen LogP contribution in [0.2, 0.25) is 5.02 Å². The molecule has 0 spiro atoms. The predicted octanol–water partition coefficient (Wildman–Crippen LogP) is 2.41. The zero-order valence-electron chi connectivity index (χ0n) is 15.1. The van der Waals surface area contributed by atoms with Crippen LogP contribution in [0.1, 0.15) is 13.3 Å². The summed E-state index contributed by atoms with van der Waals surface area (Å²) in [5.41, 5.74) is 1.23. The summed E-state index contributed by atoms with van der Waals surface area (Å²) in [7, 11) is 0. The molecular formula is C19H25ClN4O2. The molecule has 0 atom stereocenters. The fourth-order valence-electron chi connectivity index (χ4n) is 2.72. The van der Waals surface area contributed by atoms with Crippen LogP contribution in [0.3, 0.4) is 0 Å². The number of rotatable bonds is 8. The molecule has 1 aliphatic heterocycles. The van der Waals surface area contributed by atoms with Crippen molar-refractivity contribution in [2.24, 2.45) is 0 Å². The summed E-state index contributed by atoms with van der Waals surface area (Å²) in [5.74, 6) is -0.332. The van der Waals surface area contributed by atoms with Crippen LogP contribution in [-0.4, -0.2) is 56.7 Å². The second-order valence-electron chi connectivity index (χ2n) is 5.96. The molecule has 1 aromatic carbocycles. The lowest BCUT2D eigenvalue weighted by Crippen LogP contribution is -2.44. The van der Waals surface area contributed by atoms with Crippen molar-refractivity contribution in [2.45, 2.75) is 13.3 Å². The van der Waals surface area contributed by atoms with Gasteiger partial charge in [0.15, 0.2) is 0 Å².